The number of rotatable bonds is 2. The number of benzene rings is 1. The predicted octanol–water partition coefficient (Wildman–Crippen LogP) is 3.24. The number of hydrogen-bond donors (Lipinski definition) is 2. The van der Waals surface area contributed by atoms with E-state index < -0.39 is 0 Å². The minimum atomic E-state index is -0.199. The van der Waals surface area contributed by atoms with Crippen LogP contribution in [-0.4, -0.2) is 5.91 Å². The summed E-state index contributed by atoms with van der Waals surface area (Å²) in [7, 11) is 0. The Morgan fingerprint density at radius 1 is 1.25 bits per heavy atom. The normalized spacial score (nSPS) is 10.1. The largest absolute Gasteiger partial charge is 0.397 e. The lowest BCUT2D eigenvalue weighted by atomic mass is 10.3. The molecule has 2 aromatic rings. The second kappa shape index (κ2) is 4.55. The molecule has 0 aliphatic heterocycles. The molecule has 0 fully saturated rings. The number of carbonyl (C=O) groups excluding carboxylic acids is 1. The van der Waals surface area contributed by atoms with Crippen LogP contribution in [-0.2, 0) is 0 Å². The fraction of sp³-hybridized carbons (Fsp3) is 0. The third-order valence-electron chi connectivity index (χ3n) is 2.00. The highest BCUT2D eigenvalue weighted by atomic mass is 35.5. The monoisotopic (exact) mass is 252 g/mol. The maximum Gasteiger partial charge on any atom is 0.267 e. The number of thiophene rings is 1. The Bertz CT molecular complexity index is 507. The van der Waals surface area contributed by atoms with E-state index in [-0.39, 0.29) is 5.91 Å². The molecule has 16 heavy (non-hydrogen) atoms. The summed E-state index contributed by atoms with van der Waals surface area (Å²) in [4.78, 5) is 12.3. The molecule has 1 heterocycles. The SMILES string of the molecule is Nc1ccsc1C(=O)Nc1ccc(Cl)cc1. The Labute approximate surface area is 102 Å². The molecule has 1 amide bonds. The number of anilines is 2. The summed E-state index contributed by atoms with van der Waals surface area (Å²) in [6.45, 7) is 0. The lowest BCUT2D eigenvalue weighted by Crippen LogP contribution is -2.11. The first-order valence-electron chi connectivity index (χ1n) is 4.56. The molecule has 0 aliphatic rings. The van der Waals surface area contributed by atoms with Gasteiger partial charge in [0.15, 0.2) is 0 Å². The Hall–Kier alpha value is -1.52. The molecule has 1 aromatic heterocycles. The number of amides is 1. The van der Waals surface area contributed by atoms with Crippen LogP contribution in [0.4, 0.5) is 11.4 Å². The summed E-state index contributed by atoms with van der Waals surface area (Å²) >= 11 is 7.06. The molecule has 0 bridgehead atoms. The molecule has 0 aliphatic carbocycles. The molecule has 0 saturated carbocycles. The van der Waals surface area contributed by atoms with Gasteiger partial charge < -0.3 is 11.1 Å². The molecule has 0 spiro atoms. The molecule has 0 radical (unpaired) electrons. The first-order chi connectivity index (χ1) is 7.66. The Kier molecular flexibility index (Phi) is 3.12. The van der Waals surface area contributed by atoms with E-state index >= 15 is 0 Å². The number of nitrogens with two attached hydrogens (primary N) is 1. The zero-order valence-corrected chi connectivity index (χ0v) is 9.81. The maximum absolute atomic E-state index is 11.8. The van der Waals surface area contributed by atoms with Crippen molar-refractivity contribution in [2.75, 3.05) is 11.1 Å². The van der Waals surface area contributed by atoms with Crippen molar-refractivity contribution in [1.29, 1.82) is 0 Å². The van der Waals surface area contributed by atoms with Crippen molar-refractivity contribution in [3.8, 4) is 0 Å². The van der Waals surface area contributed by atoms with Crippen LogP contribution < -0.4 is 11.1 Å². The van der Waals surface area contributed by atoms with Gasteiger partial charge in [-0.25, -0.2) is 0 Å². The van der Waals surface area contributed by atoms with Crippen LogP contribution in [0, 0.1) is 0 Å². The van der Waals surface area contributed by atoms with Crippen molar-refractivity contribution in [3.63, 3.8) is 0 Å². The van der Waals surface area contributed by atoms with Gasteiger partial charge in [0.25, 0.3) is 5.91 Å². The van der Waals surface area contributed by atoms with Gasteiger partial charge in [-0.15, -0.1) is 11.3 Å². The molecular weight excluding hydrogens is 244 g/mol. The van der Waals surface area contributed by atoms with Crippen LogP contribution in [0.25, 0.3) is 0 Å². The standard InChI is InChI=1S/C11H9ClN2OS/c12-7-1-3-8(4-2-7)14-11(15)10-9(13)5-6-16-10/h1-6H,13H2,(H,14,15). The number of nitrogen functional groups attached to an aromatic ring is 1. The first kappa shape index (κ1) is 11.0. The average molecular weight is 253 g/mol. The third kappa shape index (κ3) is 2.35. The van der Waals surface area contributed by atoms with Crippen LogP contribution in [0.5, 0.6) is 0 Å². The highest BCUT2D eigenvalue weighted by molar-refractivity contribution is 7.12. The number of halogens is 1. The minimum absolute atomic E-state index is 0.199. The van der Waals surface area contributed by atoms with Gasteiger partial charge >= 0.3 is 0 Å². The zero-order valence-electron chi connectivity index (χ0n) is 8.24. The maximum atomic E-state index is 11.8. The van der Waals surface area contributed by atoms with Crippen LogP contribution in [0.1, 0.15) is 9.67 Å². The van der Waals surface area contributed by atoms with Crippen molar-refractivity contribution in [2.45, 2.75) is 0 Å². The van der Waals surface area contributed by atoms with Crippen molar-refractivity contribution >= 4 is 40.2 Å². The molecule has 0 atom stereocenters. The van der Waals surface area contributed by atoms with E-state index in [0.29, 0.717) is 21.3 Å². The van der Waals surface area contributed by atoms with Crippen LogP contribution >= 0.6 is 22.9 Å². The molecule has 0 saturated heterocycles. The number of hydrogen-bond acceptors (Lipinski definition) is 3. The predicted molar refractivity (Wildman–Crippen MR) is 68.1 cm³/mol. The van der Waals surface area contributed by atoms with E-state index in [1.54, 1.807) is 35.7 Å². The Morgan fingerprint density at radius 3 is 2.50 bits per heavy atom. The van der Waals surface area contributed by atoms with Gasteiger partial charge in [-0.05, 0) is 35.7 Å². The second-order valence-corrected chi connectivity index (χ2v) is 4.52. The summed E-state index contributed by atoms with van der Waals surface area (Å²) in [5.74, 6) is -0.199. The Balaban J connectivity index is 2.14. The topological polar surface area (TPSA) is 55.1 Å². The molecule has 3 N–H and O–H groups in total. The minimum Gasteiger partial charge on any atom is -0.397 e. The number of nitrogens with one attached hydrogen (secondary N) is 1. The lowest BCUT2D eigenvalue weighted by molar-refractivity contribution is 0.103. The summed E-state index contributed by atoms with van der Waals surface area (Å²) in [6, 6.07) is 8.62. The van der Waals surface area contributed by atoms with E-state index in [4.69, 9.17) is 17.3 Å². The summed E-state index contributed by atoms with van der Waals surface area (Å²) in [5.41, 5.74) is 6.84. The summed E-state index contributed by atoms with van der Waals surface area (Å²) < 4.78 is 0. The highest BCUT2D eigenvalue weighted by Crippen LogP contribution is 2.21. The summed E-state index contributed by atoms with van der Waals surface area (Å²) in [6.07, 6.45) is 0. The van der Waals surface area contributed by atoms with E-state index in [9.17, 15) is 4.79 Å². The van der Waals surface area contributed by atoms with Gasteiger partial charge in [0.1, 0.15) is 4.88 Å². The number of carbonyl (C=O) groups is 1. The van der Waals surface area contributed by atoms with E-state index in [0.717, 1.165) is 0 Å². The van der Waals surface area contributed by atoms with Gasteiger partial charge in [-0.2, -0.15) is 0 Å². The van der Waals surface area contributed by atoms with E-state index in [1.165, 1.54) is 11.3 Å². The summed E-state index contributed by atoms with van der Waals surface area (Å²) in [5, 5.41) is 5.16. The fourth-order valence-corrected chi connectivity index (χ4v) is 2.06. The average Bonchev–Trinajstić information content (AvgIpc) is 2.68. The van der Waals surface area contributed by atoms with Gasteiger partial charge in [0.2, 0.25) is 0 Å². The van der Waals surface area contributed by atoms with Crippen molar-refractivity contribution in [1.82, 2.24) is 0 Å². The molecule has 82 valence electrons. The van der Waals surface area contributed by atoms with Gasteiger partial charge in [-0.1, -0.05) is 11.6 Å². The second-order valence-electron chi connectivity index (χ2n) is 3.17. The van der Waals surface area contributed by atoms with Crippen molar-refractivity contribution in [3.05, 3.63) is 45.6 Å². The van der Waals surface area contributed by atoms with Crippen LogP contribution in [0.2, 0.25) is 5.02 Å². The van der Waals surface area contributed by atoms with Crippen LogP contribution in [0.3, 0.4) is 0 Å². The smallest absolute Gasteiger partial charge is 0.267 e. The van der Waals surface area contributed by atoms with Gasteiger partial charge in [0.05, 0.1) is 5.69 Å². The van der Waals surface area contributed by atoms with Crippen molar-refractivity contribution in [2.24, 2.45) is 0 Å². The van der Waals surface area contributed by atoms with Gasteiger partial charge in [-0.3, -0.25) is 4.79 Å². The van der Waals surface area contributed by atoms with Crippen LogP contribution in [0.15, 0.2) is 35.7 Å². The molecule has 2 rings (SSSR count). The molecule has 1 aromatic carbocycles. The van der Waals surface area contributed by atoms with Crippen molar-refractivity contribution < 1.29 is 4.79 Å². The molecule has 5 heteroatoms. The molecule has 3 nitrogen and oxygen atoms in total. The van der Waals surface area contributed by atoms with Gasteiger partial charge in [0, 0.05) is 10.7 Å². The lowest BCUT2D eigenvalue weighted by Gasteiger charge is -2.04. The zero-order chi connectivity index (χ0) is 11.5. The van der Waals surface area contributed by atoms with E-state index in [1.807, 2.05) is 0 Å². The highest BCUT2D eigenvalue weighted by Gasteiger charge is 2.10. The first-order valence-corrected chi connectivity index (χ1v) is 5.82. The quantitative estimate of drug-likeness (QED) is 0.862. The Morgan fingerprint density at radius 2 is 1.94 bits per heavy atom. The molecule has 0 unspecified atom stereocenters. The van der Waals surface area contributed by atoms with E-state index in [2.05, 4.69) is 5.32 Å². The molecular formula is C11H9ClN2OS. The third-order valence-corrected chi connectivity index (χ3v) is 3.18. The fourth-order valence-electron chi connectivity index (χ4n) is 1.22.